The molecule has 1 unspecified atom stereocenters. The molecule has 26 heavy (non-hydrogen) atoms. The molecule has 0 fully saturated rings. The van der Waals surface area contributed by atoms with Crippen LogP contribution in [0.4, 0.5) is 0 Å². The molecule has 0 spiro atoms. The van der Waals surface area contributed by atoms with Gasteiger partial charge in [-0.3, -0.25) is 4.79 Å². The molecule has 138 valence electrons. The number of esters is 1. The first kappa shape index (κ1) is 19.7. The first-order chi connectivity index (χ1) is 12.3. The van der Waals surface area contributed by atoms with E-state index in [0.29, 0.717) is 5.56 Å². The van der Waals surface area contributed by atoms with E-state index in [1.807, 2.05) is 13.0 Å². The van der Waals surface area contributed by atoms with E-state index in [9.17, 15) is 13.2 Å². The highest BCUT2D eigenvalue weighted by Gasteiger charge is 2.35. The molecular formula is C19H22N2O4S. The summed E-state index contributed by atoms with van der Waals surface area (Å²) in [6.07, 6.45) is 1.26. The molecule has 0 saturated heterocycles. The number of ether oxygens (including phenoxy) is 1. The maximum Gasteiger partial charge on any atom is 0.321 e. The molecule has 1 atom stereocenters. The number of sulfonamides is 1. The highest BCUT2D eigenvalue weighted by molar-refractivity contribution is 7.89. The summed E-state index contributed by atoms with van der Waals surface area (Å²) >= 11 is 0. The molecule has 0 aliphatic heterocycles. The molecule has 0 bridgehead atoms. The van der Waals surface area contributed by atoms with Crippen molar-refractivity contribution < 1.29 is 17.9 Å². The van der Waals surface area contributed by atoms with Gasteiger partial charge in [0.15, 0.2) is 0 Å². The molecule has 0 aliphatic rings. The van der Waals surface area contributed by atoms with Gasteiger partial charge in [0.25, 0.3) is 10.0 Å². The van der Waals surface area contributed by atoms with Gasteiger partial charge in [0.05, 0.1) is 11.5 Å². The number of hydrazone groups is 1. The van der Waals surface area contributed by atoms with Gasteiger partial charge >= 0.3 is 5.97 Å². The van der Waals surface area contributed by atoms with Crippen molar-refractivity contribution in [1.82, 2.24) is 4.83 Å². The predicted molar refractivity (Wildman–Crippen MR) is 100 cm³/mol. The van der Waals surface area contributed by atoms with Crippen molar-refractivity contribution in [2.45, 2.75) is 31.1 Å². The number of nitrogens with one attached hydrogen (secondary N) is 1. The maximum atomic E-state index is 12.4. The third kappa shape index (κ3) is 4.49. The number of aryl methyl sites for hydroxylation is 1. The molecule has 0 aliphatic carbocycles. The number of nitrogens with zero attached hydrogens (tertiary/aromatic N) is 1. The van der Waals surface area contributed by atoms with E-state index in [1.54, 1.807) is 50.2 Å². The minimum Gasteiger partial charge on any atom is -0.465 e. The van der Waals surface area contributed by atoms with Gasteiger partial charge in [-0.2, -0.15) is 13.5 Å². The predicted octanol–water partition coefficient (Wildman–Crippen LogP) is 2.78. The molecule has 0 aromatic heterocycles. The molecule has 0 heterocycles. The number of carbonyl (C=O) groups is 1. The minimum absolute atomic E-state index is 0.0952. The highest BCUT2D eigenvalue weighted by Crippen LogP contribution is 2.23. The molecule has 7 heteroatoms. The minimum atomic E-state index is -3.82. The van der Waals surface area contributed by atoms with Crippen LogP contribution in [0, 0.1) is 6.92 Å². The van der Waals surface area contributed by atoms with Crippen LogP contribution < -0.4 is 4.83 Å². The lowest BCUT2D eigenvalue weighted by molar-refractivity contribution is -0.146. The lowest BCUT2D eigenvalue weighted by Crippen LogP contribution is -2.37. The van der Waals surface area contributed by atoms with E-state index in [1.165, 1.54) is 18.3 Å². The maximum absolute atomic E-state index is 12.4. The van der Waals surface area contributed by atoms with Crippen LogP contribution in [-0.4, -0.2) is 27.2 Å². The van der Waals surface area contributed by atoms with E-state index in [0.717, 1.165) is 5.56 Å². The molecular weight excluding hydrogens is 352 g/mol. The summed E-state index contributed by atoms with van der Waals surface area (Å²) in [7, 11) is -3.82. The first-order valence-electron chi connectivity index (χ1n) is 8.15. The van der Waals surface area contributed by atoms with E-state index >= 15 is 0 Å². The Morgan fingerprint density at radius 1 is 1.15 bits per heavy atom. The fourth-order valence-corrected chi connectivity index (χ4v) is 3.10. The Morgan fingerprint density at radius 2 is 1.77 bits per heavy atom. The topological polar surface area (TPSA) is 84.8 Å². The van der Waals surface area contributed by atoms with E-state index < -0.39 is 21.4 Å². The van der Waals surface area contributed by atoms with Gasteiger partial charge in [-0.05, 0) is 38.5 Å². The summed E-state index contributed by atoms with van der Waals surface area (Å²) in [5.41, 5.74) is 0.385. The van der Waals surface area contributed by atoms with Crippen LogP contribution >= 0.6 is 0 Å². The monoisotopic (exact) mass is 374 g/mol. The van der Waals surface area contributed by atoms with E-state index in [-0.39, 0.29) is 11.5 Å². The first-order valence-corrected chi connectivity index (χ1v) is 9.63. The lowest BCUT2D eigenvalue weighted by Gasteiger charge is -2.23. The fourth-order valence-electron chi connectivity index (χ4n) is 2.31. The van der Waals surface area contributed by atoms with Crippen molar-refractivity contribution in [3.8, 4) is 0 Å². The SMILES string of the molecule is CCOC(=O)C(C)(C=NNS(=O)(=O)c1ccc(C)cc1)c1ccccc1. The second kappa shape index (κ2) is 8.14. The Labute approximate surface area is 153 Å². The summed E-state index contributed by atoms with van der Waals surface area (Å²) in [5, 5.41) is 3.83. The second-order valence-electron chi connectivity index (χ2n) is 5.95. The van der Waals surface area contributed by atoms with Gasteiger partial charge < -0.3 is 4.74 Å². The summed E-state index contributed by atoms with van der Waals surface area (Å²) < 4.78 is 29.8. The van der Waals surface area contributed by atoms with Gasteiger partial charge in [0.1, 0.15) is 5.41 Å². The Kier molecular flexibility index (Phi) is 6.15. The summed E-state index contributed by atoms with van der Waals surface area (Å²) in [4.78, 5) is 14.7. The van der Waals surface area contributed by atoms with E-state index in [2.05, 4.69) is 9.93 Å². The zero-order chi connectivity index (χ0) is 19.2. The third-order valence-electron chi connectivity index (χ3n) is 3.90. The Morgan fingerprint density at radius 3 is 2.35 bits per heavy atom. The van der Waals surface area contributed by atoms with Crippen LogP contribution in [0.3, 0.4) is 0 Å². The van der Waals surface area contributed by atoms with Gasteiger partial charge in [-0.25, -0.2) is 4.83 Å². The molecule has 2 aromatic rings. The average Bonchev–Trinajstić information content (AvgIpc) is 2.62. The van der Waals surface area contributed by atoms with Gasteiger partial charge in [-0.1, -0.05) is 48.0 Å². The van der Waals surface area contributed by atoms with Crippen molar-refractivity contribution in [3.05, 3.63) is 65.7 Å². The average molecular weight is 374 g/mol. The van der Waals surface area contributed by atoms with Crippen molar-refractivity contribution in [1.29, 1.82) is 0 Å². The quantitative estimate of drug-likeness (QED) is 0.459. The van der Waals surface area contributed by atoms with Gasteiger partial charge in [0.2, 0.25) is 0 Å². The number of rotatable bonds is 7. The number of benzene rings is 2. The van der Waals surface area contributed by atoms with Crippen molar-refractivity contribution in [3.63, 3.8) is 0 Å². The van der Waals surface area contributed by atoms with Crippen molar-refractivity contribution in [2.75, 3.05) is 6.61 Å². The zero-order valence-electron chi connectivity index (χ0n) is 15.0. The molecule has 6 nitrogen and oxygen atoms in total. The number of carbonyl (C=O) groups excluding carboxylic acids is 1. The normalized spacial score (nSPS) is 14.0. The Bertz CT molecular complexity index is 878. The smallest absolute Gasteiger partial charge is 0.321 e. The van der Waals surface area contributed by atoms with Crippen LogP contribution in [0.25, 0.3) is 0 Å². The van der Waals surface area contributed by atoms with E-state index in [4.69, 9.17) is 4.74 Å². The highest BCUT2D eigenvalue weighted by atomic mass is 32.2. The van der Waals surface area contributed by atoms with Crippen LogP contribution in [0.2, 0.25) is 0 Å². The molecule has 0 radical (unpaired) electrons. The zero-order valence-corrected chi connectivity index (χ0v) is 15.8. The number of hydrogen-bond donors (Lipinski definition) is 1. The Hall–Kier alpha value is -2.67. The van der Waals surface area contributed by atoms with Crippen LogP contribution in [-0.2, 0) is 25.0 Å². The third-order valence-corrected chi connectivity index (χ3v) is 5.14. The van der Waals surface area contributed by atoms with Crippen LogP contribution in [0.5, 0.6) is 0 Å². The lowest BCUT2D eigenvalue weighted by atomic mass is 9.84. The summed E-state index contributed by atoms with van der Waals surface area (Å²) in [6, 6.07) is 15.3. The van der Waals surface area contributed by atoms with Crippen molar-refractivity contribution >= 4 is 22.2 Å². The summed E-state index contributed by atoms with van der Waals surface area (Å²) in [6.45, 7) is 5.42. The van der Waals surface area contributed by atoms with Crippen LogP contribution in [0.1, 0.15) is 25.0 Å². The standard InChI is InChI=1S/C19H22N2O4S/c1-4-25-18(22)19(3,16-8-6-5-7-9-16)14-20-21-26(23,24)17-12-10-15(2)11-13-17/h5-14,21H,4H2,1-3H3. The largest absolute Gasteiger partial charge is 0.465 e. The molecule has 0 amide bonds. The van der Waals surface area contributed by atoms with Gasteiger partial charge in [-0.15, -0.1) is 0 Å². The number of hydrogen-bond acceptors (Lipinski definition) is 5. The van der Waals surface area contributed by atoms with Crippen molar-refractivity contribution in [2.24, 2.45) is 5.10 Å². The Balaban J connectivity index is 2.28. The molecule has 1 N–H and O–H groups in total. The fraction of sp³-hybridized carbons (Fsp3) is 0.263. The molecule has 2 rings (SSSR count). The van der Waals surface area contributed by atoms with Gasteiger partial charge in [0, 0.05) is 6.21 Å². The second-order valence-corrected chi connectivity index (χ2v) is 7.62. The molecule has 0 saturated carbocycles. The molecule has 2 aromatic carbocycles. The van der Waals surface area contributed by atoms with Crippen LogP contribution in [0.15, 0.2) is 64.6 Å². The summed E-state index contributed by atoms with van der Waals surface area (Å²) in [5.74, 6) is -0.510.